The maximum absolute atomic E-state index is 12.7. The van der Waals surface area contributed by atoms with Gasteiger partial charge in [-0.25, -0.2) is 8.42 Å². The van der Waals surface area contributed by atoms with Crippen LogP contribution >= 0.6 is 11.3 Å². The topological polar surface area (TPSA) is 55.8 Å². The molecule has 0 bridgehead atoms. The predicted octanol–water partition coefficient (Wildman–Crippen LogP) is 2.96. The molecule has 23 heavy (non-hydrogen) atoms. The molecule has 5 nitrogen and oxygen atoms in total. The van der Waals surface area contributed by atoms with Crippen molar-refractivity contribution >= 4 is 21.4 Å². The molecule has 0 amide bonds. The van der Waals surface area contributed by atoms with Crippen LogP contribution in [0.25, 0.3) is 0 Å². The molecule has 2 aliphatic heterocycles. The Balaban J connectivity index is 1.55. The predicted molar refractivity (Wildman–Crippen MR) is 87.7 cm³/mol. The quantitative estimate of drug-likeness (QED) is 0.853. The van der Waals surface area contributed by atoms with E-state index in [2.05, 4.69) is 0 Å². The van der Waals surface area contributed by atoms with Crippen molar-refractivity contribution in [3.05, 3.63) is 40.8 Å². The molecule has 1 saturated heterocycles. The van der Waals surface area contributed by atoms with Crippen LogP contribution in [0.1, 0.15) is 22.8 Å². The van der Waals surface area contributed by atoms with E-state index >= 15 is 0 Å². The van der Waals surface area contributed by atoms with Gasteiger partial charge >= 0.3 is 0 Å². The molecule has 1 unspecified atom stereocenters. The molecule has 1 aromatic carbocycles. The molecular weight excluding hydrogens is 334 g/mol. The fraction of sp³-hybridized carbons (Fsp3) is 0.375. The Hall–Kier alpha value is -1.57. The zero-order valence-corrected chi connectivity index (χ0v) is 14.3. The van der Waals surface area contributed by atoms with Crippen LogP contribution in [0.15, 0.2) is 34.5 Å². The van der Waals surface area contributed by atoms with Crippen molar-refractivity contribution in [1.29, 1.82) is 0 Å². The smallest absolute Gasteiger partial charge is 0.252 e. The minimum Gasteiger partial charge on any atom is -0.454 e. The maximum Gasteiger partial charge on any atom is 0.252 e. The lowest BCUT2D eigenvalue weighted by Crippen LogP contribution is -2.28. The second-order valence-electron chi connectivity index (χ2n) is 5.83. The van der Waals surface area contributed by atoms with Gasteiger partial charge in [0, 0.05) is 18.0 Å². The molecule has 3 heterocycles. The van der Waals surface area contributed by atoms with E-state index in [1.807, 2.05) is 31.2 Å². The molecule has 122 valence electrons. The zero-order valence-electron chi connectivity index (χ0n) is 12.7. The van der Waals surface area contributed by atoms with Crippen molar-refractivity contribution in [2.75, 3.05) is 19.9 Å². The molecule has 1 aromatic heterocycles. The van der Waals surface area contributed by atoms with E-state index in [1.54, 1.807) is 10.4 Å². The Bertz CT molecular complexity index is 844. The van der Waals surface area contributed by atoms with Gasteiger partial charge in [0.25, 0.3) is 10.0 Å². The van der Waals surface area contributed by atoms with E-state index in [1.165, 1.54) is 11.3 Å². The molecule has 0 radical (unpaired) electrons. The number of aryl methyl sites for hydroxylation is 1. The first-order valence-electron chi connectivity index (χ1n) is 7.50. The number of benzene rings is 1. The summed E-state index contributed by atoms with van der Waals surface area (Å²) < 4.78 is 38.2. The fourth-order valence-corrected chi connectivity index (χ4v) is 6.00. The Morgan fingerprint density at radius 1 is 1.17 bits per heavy atom. The van der Waals surface area contributed by atoms with Crippen LogP contribution in [0.2, 0.25) is 0 Å². The van der Waals surface area contributed by atoms with Crippen molar-refractivity contribution in [3.8, 4) is 11.5 Å². The number of sulfonamides is 1. The van der Waals surface area contributed by atoms with Crippen molar-refractivity contribution in [1.82, 2.24) is 4.31 Å². The molecule has 0 N–H and O–H groups in total. The summed E-state index contributed by atoms with van der Waals surface area (Å²) in [7, 11) is -3.37. The highest BCUT2D eigenvalue weighted by Gasteiger charge is 2.34. The van der Waals surface area contributed by atoms with E-state index in [0.29, 0.717) is 17.3 Å². The average molecular weight is 351 g/mol. The van der Waals surface area contributed by atoms with Crippen molar-refractivity contribution in [2.24, 2.45) is 0 Å². The molecule has 4 rings (SSSR count). The SMILES string of the molecule is Cc1ccc(S(=O)(=O)N2CCC(c3ccc4c(c3)OCO4)C2)s1. The standard InChI is InChI=1S/C16H17NO4S2/c1-11-2-5-16(22-11)23(18,19)17-7-6-13(9-17)12-3-4-14-15(8-12)21-10-20-14/h2-5,8,13H,6-7,9-10H2,1H3. The molecule has 2 aliphatic rings. The third kappa shape index (κ3) is 2.62. The van der Waals surface area contributed by atoms with Gasteiger partial charge in [-0.05, 0) is 49.1 Å². The normalized spacial score (nSPS) is 21.0. The molecule has 7 heteroatoms. The van der Waals surface area contributed by atoms with Crippen LogP contribution in [-0.2, 0) is 10.0 Å². The van der Waals surface area contributed by atoms with Crippen molar-refractivity contribution < 1.29 is 17.9 Å². The van der Waals surface area contributed by atoms with E-state index in [4.69, 9.17) is 9.47 Å². The minimum atomic E-state index is -3.37. The Morgan fingerprint density at radius 3 is 2.78 bits per heavy atom. The molecule has 0 saturated carbocycles. The van der Waals surface area contributed by atoms with Crippen LogP contribution in [0.3, 0.4) is 0 Å². The summed E-state index contributed by atoms with van der Waals surface area (Å²) in [4.78, 5) is 1.01. The first-order chi connectivity index (χ1) is 11.0. The van der Waals surface area contributed by atoms with Gasteiger partial charge in [0.1, 0.15) is 4.21 Å². The Labute approximate surface area is 139 Å². The summed E-state index contributed by atoms with van der Waals surface area (Å²) >= 11 is 1.33. The van der Waals surface area contributed by atoms with Crippen molar-refractivity contribution in [3.63, 3.8) is 0 Å². The second kappa shape index (κ2) is 5.51. The summed E-state index contributed by atoms with van der Waals surface area (Å²) in [6, 6.07) is 9.42. The average Bonchev–Trinajstić information content (AvgIpc) is 3.26. The molecule has 1 atom stereocenters. The zero-order chi connectivity index (χ0) is 16.0. The van der Waals surface area contributed by atoms with Gasteiger partial charge in [0.15, 0.2) is 11.5 Å². The molecule has 0 aliphatic carbocycles. The highest BCUT2D eigenvalue weighted by Crippen LogP contribution is 2.38. The van der Waals surface area contributed by atoms with Gasteiger partial charge in [-0.2, -0.15) is 4.31 Å². The van der Waals surface area contributed by atoms with Gasteiger partial charge in [0.2, 0.25) is 6.79 Å². The van der Waals surface area contributed by atoms with E-state index in [0.717, 1.165) is 28.4 Å². The van der Waals surface area contributed by atoms with Crippen LogP contribution in [0, 0.1) is 6.92 Å². The molecule has 2 aromatic rings. The lowest BCUT2D eigenvalue weighted by molar-refractivity contribution is 0.174. The molecule has 0 spiro atoms. The van der Waals surface area contributed by atoms with Crippen molar-refractivity contribution in [2.45, 2.75) is 23.5 Å². The largest absolute Gasteiger partial charge is 0.454 e. The number of nitrogens with zero attached hydrogens (tertiary/aromatic N) is 1. The summed E-state index contributed by atoms with van der Waals surface area (Å²) in [6.07, 6.45) is 0.823. The van der Waals surface area contributed by atoms with E-state index in [9.17, 15) is 8.42 Å². The first-order valence-corrected chi connectivity index (χ1v) is 9.76. The van der Waals surface area contributed by atoms with Gasteiger partial charge < -0.3 is 9.47 Å². The van der Waals surface area contributed by atoms with Gasteiger partial charge in [0.05, 0.1) is 0 Å². The summed E-state index contributed by atoms with van der Waals surface area (Å²) in [5.41, 5.74) is 1.11. The van der Waals surface area contributed by atoms with Gasteiger partial charge in [-0.1, -0.05) is 6.07 Å². The highest BCUT2D eigenvalue weighted by atomic mass is 32.2. The molecular formula is C16H17NO4S2. The van der Waals surface area contributed by atoms with Crippen LogP contribution in [-0.4, -0.2) is 32.6 Å². The minimum absolute atomic E-state index is 0.195. The Morgan fingerprint density at radius 2 is 2.00 bits per heavy atom. The number of thiophene rings is 1. The van der Waals surface area contributed by atoms with Crippen LogP contribution in [0.4, 0.5) is 0 Å². The van der Waals surface area contributed by atoms with Gasteiger partial charge in [-0.3, -0.25) is 0 Å². The lowest BCUT2D eigenvalue weighted by atomic mass is 9.98. The third-order valence-corrected chi connectivity index (χ3v) is 7.66. The number of rotatable bonds is 3. The van der Waals surface area contributed by atoms with Gasteiger partial charge in [-0.15, -0.1) is 11.3 Å². The lowest BCUT2D eigenvalue weighted by Gasteiger charge is -2.15. The first kappa shape index (κ1) is 15.0. The number of hydrogen-bond acceptors (Lipinski definition) is 5. The Kier molecular flexibility index (Phi) is 3.59. The number of hydrogen-bond donors (Lipinski definition) is 0. The van der Waals surface area contributed by atoms with Crippen LogP contribution < -0.4 is 9.47 Å². The summed E-state index contributed by atoms with van der Waals surface area (Å²) in [5, 5.41) is 0. The third-order valence-electron chi connectivity index (χ3n) is 4.33. The highest BCUT2D eigenvalue weighted by molar-refractivity contribution is 7.91. The number of fused-ring (bicyclic) bond motifs is 1. The molecule has 1 fully saturated rings. The van der Waals surface area contributed by atoms with Crippen LogP contribution in [0.5, 0.6) is 11.5 Å². The monoisotopic (exact) mass is 351 g/mol. The summed E-state index contributed by atoms with van der Waals surface area (Å²) in [5.74, 6) is 1.70. The fourth-order valence-electron chi connectivity index (χ4n) is 3.06. The maximum atomic E-state index is 12.7. The number of ether oxygens (including phenoxy) is 2. The van der Waals surface area contributed by atoms with E-state index < -0.39 is 10.0 Å². The second-order valence-corrected chi connectivity index (χ2v) is 9.28. The summed E-state index contributed by atoms with van der Waals surface area (Å²) in [6.45, 7) is 3.24. The van der Waals surface area contributed by atoms with E-state index in [-0.39, 0.29) is 12.7 Å².